The first-order chi connectivity index (χ1) is 7.97. The van der Waals surface area contributed by atoms with Gasteiger partial charge < -0.3 is 10.9 Å². The van der Waals surface area contributed by atoms with Crippen molar-refractivity contribution >= 4 is 5.84 Å². The van der Waals surface area contributed by atoms with Crippen LogP contribution in [0.3, 0.4) is 0 Å². The lowest BCUT2D eigenvalue weighted by molar-refractivity contribution is 0.0818. The average Bonchev–Trinajstić information content (AvgIpc) is 2.35. The maximum atomic E-state index is 9.12. The lowest BCUT2D eigenvalue weighted by Gasteiger charge is -2.48. The highest BCUT2D eigenvalue weighted by Crippen LogP contribution is 2.51. The molecule has 0 spiro atoms. The van der Waals surface area contributed by atoms with E-state index in [2.05, 4.69) is 39.8 Å². The summed E-state index contributed by atoms with van der Waals surface area (Å²) in [5.74, 6) is 0.416. The molecule has 0 unspecified atom stereocenters. The Hall–Kier alpha value is -0.730. The molecule has 0 aliphatic rings. The molecule has 0 bridgehead atoms. The number of rotatable bonds is 8. The zero-order chi connectivity index (χ0) is 13.5. The van der Waals surface area contributed by atoms with Crippen molar-refractivity contribution in [3.63, 3.8) is 0 Å². The molecule has 0 amide bonds. The Kier molecular flexibility index (Phi) is 6.58. The molecule has 3 heteroatoms. The van der Waals surface area contributed by atoms with Crippen molar-refractivity contribution in [2.75, 3.05) is 0 Å². The van der Waals surface area contributed by atoms with Gasteiger partial charge in [-0.25, -0.2) is 0 Å². The fourth-order valence-corrected chi connectivity index (χ4v) is 3.35. The number of amidine groups is 1. The molecule has 0 aromatic rings. The molecular formula is C14H30N2O. The quantitative estimate of drug-likeness (QED) is 0.291. The monoisotopic (exact) mass is 242 g/mol. The fourth-order valence-electron chi connectivity index (χ4n) is 3.35. The largest absolute Gasteiger partial charge is 0.409 e. The van der Waals surface area contributed by atoms with E-state index in [1.807, 2.05) is 0 Å². The Morgan fingerprint density at radius 2 is 1.59 bits per heavy atom. The van der Waals surface area contributed by atoms with Gasteiger partial charge in [0.25, 0.3) is 0 Å². The standard InChI is InChI=1S/C14H30N2O/c1-6-10-13(5,8-3)14(9-4,11-7-2)12(15)16-17/h17H,6-11H2,1-5H3,(H2,15,16)/t13-,14+/m0/s1. The van der Waals surface area contributed by atoms with Crippen LogP contribution in [-0.4, -0.2) is 11.0 Å². The third-order valence-electron chi connectivity index (χ3n) is 4.62. The van der Waals surface area contributed by atoms with Gasteiger partial charge in [0, 0.05) is 5.41 Å². The molecular weight excluding hydrogens is 212 g/mol. The fraction of sp³-hybridized carbons (Fsp3) is 0.929. The molecule has 3 nitrogen and oxygen atoms in total. The van der Waals surface area contributed by atoms with Gasteiger partial charge in [0.15, 0.2) is 0 Å². The Morgan fingerprint density at radius 3 is 1.88 bits per heavy atom. The second kappa shape index (κ2) is 6.87. The highest BCUT2D eigenvalue weighted by Gasteiger charge is 2.47. The molecule has 0 aliphatic heterocycles. The van der Waals surface area contributed by atoms with Crippen molar-refractivity contribution in [3.8, 4) is 0 Å². The van der Waals surface area contributed by atoms with Crippen LogP contribution in [0.15, 0.2) is 5.16 Å². The van der Waals surface area contributed by atoms with E-state index in [0.717, 1.165) is 38.5 Å². The van der Waals surface area contributed by atoms with Gasteiger partial charge >= 0.3 is 0 Å². The topological polar surface area (TPSA) is 58.6 Å². The normalized spacial score (nSPS) is 19.7. The highest BCUT2D eigenvalue weighted by molar-refractivity contribution is 5.86. The minimum atomic E-state index is -0.165. The van der Waals surface area contributed by atoms with E-state index < -0.39 is 0 Å². The zero-order valence-electron chi connectivity index (χ0n) is 12.2. The Morgan fingerprint density at radius 1 is 1.06 bits per heavy atom. The molecule has 0 saturated heterocycles. The van der Waals surface area contributed by atoms with Crippen molar-refractivity contribution in [1.82, 2.24) is 0 Å². The van der Waals surface area contributed by atoms with E-state index in [9.17, 15) is 0 Å². The van der Waals surface area contributed by atoms with E-state index in [0.29, 0.717) is 5.84 Å². The van der Waals surface area contributed by atoms with Crippen LogP contribution < -0.4 is 5.73 Å². The lowest BCUT2D eigenvalue weighted by Crippen LogP contribution is -2.49. The predicted octanol–water partition coefficient (Wildman–Crippen LogP) is 4.15. The lowest BCUT2D eigenvalue weighted by atomic mass is 9.57. The van der Waals surface area contributed by atoms with Crippen LogP contribution >= 0.6 is 0 Å². The van der Waals surface area contributed by atoms with Crippen molar-refractivity contribution in [3.05, 3.63) is 0 Å². The number of nitrogens with two attached hydrogens (primary N) is 1. The minimum absolute atomic E-state index is 0.114. The van der Waals surface area contributed by atoms with Gasteiger partial charge in [-0.3, -0.25) is 0 Å². The second-order valence-corrected chi connectivity index (χ2v) is 5.34. The van der Waals surface area contributed by atoms with Crippen LogP contribution in [0.2, 0.25) is 0 Å². The van der Waals surface area contributed by atoms with E-state index in [-0.39, 0.29) is 10.8 Å². The van der Waals surface area contributed by atoms with E-state index in [1.54, 1.807) is 0 Å². The minimum Gasteiger partial charge on any atom is -0.409 e. The summed E-state index contributed by atoms with van der Waals surface area (Å²) in [6.07, 6.45) is 6.29. The molecule has 0 aromatic heterocycles. The molecule has 102 valence electrons. The Bertz CT molecular complexity index is 253. The van der Waals surface area contributed by atoms with Crippen LogP contribution in [0.25, 0.3) is 0 Å². The Balaban J connectivity index is 5.53. The maximum absolute atomic E-state index is 9.12. The van der Waals surface area contributed by atoms with Gasteiger partial charge in [-0.1, -0.05) is 52.6 Å². The van der Waals surface area contributed by atoms with E-state index in [4.69, 9.17) is 10.9 Å². The molecule has 2 atom stereocenters. The molecule has 17 heavy (non-hydrogen) atoms. The first-order valence-corrected chi connectivity index (χ1v) is 6.95. The third-order valence-corrected chi connectivity index (χ3v) is 4.62. The molecule has 3 N–H and O–H groups in total. The molecule has 0 aromatic carbocycles. The molecule has 0 radical (unpaired) electrons. The summed E-state index contributed by atoms with van der Waals surface area (Å²) >= 11 is 0. The van der Waals surface area contributed by atoms with Gasteiger partial charge in [-0.05, 0) is 31.1 Å². The molecule has 0 rings (SSSR count). The molecule has 0 saturated carbocycles. The van der Waals surface area contributed by atoms with Crippen LogP contribution in [0.4, 0.5) is 0 Å². The van der Waals surface area contributed by atoms with Gasteiger partial charge in [0.1, 0.15) is 5.84 Å². The smallest absolute Gasteiger partial charge is 0.145 e. The van der Waals surface area contributed by atoms with Gasteiger partial charge in [0.2, 0.25) is 0 Å². The number of hydrogen-bond acceptors (Lipinski definition) is 2. The van der Waals surface area contributed by atoms with Crippen LogP contribution in [0.1, 0.15) is 73.1 Å². The number of hydrogen-bond donors (Lipinski definition) is 2. The molecule has 0 aliphatic carbocycles. The summed E-state index contributed by atoms with van der Waals surface area (Å²) in [7, 11) is 0. The predicted molar refractivity (Wildman–Crippen MR) is 74.3 cm³/mol. The molecule has 0 heterocycles. The van der Waals surface area contributed by atoms with Gasteiger partial charge in [0.05, 0.1) is 0 Å². The summed E-state index contributed by atoms with van der Waals surface area (Å²) in [6, 6.07) is 0. The Labute approximate surface area is 106 Å². The highest BCUT2D eigenvalue weighted by atomic mass is 16.4. The zero-order valence-corrected chi connectivity index (χ0v) is 12.2. The van der Waals surface area contributed by atoms with Crippen molar-refractivity contribution in [1.29, 1.82) is 0 Å². The molecule has 0 fully saturated rings. The maximum Gasteiger partial charge on any atom is 0.145 e. The van der Waals surface area contributed by atoms with Crippen molar-refractivity contribution < 1.29 is 5.21 Å². The third kappa shape index (κ3) is 2.93. The first-order valence-electron chi connectivity index (χ1n) is 6.95. The summed E-state index contributed by atoms with van der Waals surface area (Å²) in [5, 5.41) is 12.5. The first kappa shape index (κ1) is 16.3. The van der Waals surface area contributed by atoms with Crippen LogP contribution in [0, 0.1) is 10.8 Å². The summed E-state index contributed by atoms with van der Waals surface area (Å²) in [6.45, 7) is 11.0. The SMILES string of the molecule is CCC[C@](C)(CC)[C@](CC)(CCC)/C(N)=N/O. The summed E-state index contributed by atoms with van der Waals surface area (Å²) in [5.41, 5.74) is 5.99. The van der Waals surface area contributed by atoms with Gasteiger partial charge in [-0.15, -0.1) is 0 Å². The summed E-state index contributed by atoms with van der Waals surface area (Å²) in [4.78, 5) is 0. The van der Waals surface area contributed by atoms with Gasteiger partial charge in [-0.2, -0.15) is 0 Å². The summed E-state index contributed by atoms with van der Waals surface area (Å²) < 4.78 is 0. The van der Waals surface area contributed by atoms with Crippen LogP contribution in [-0.2, 0) is 0 Å². The van der Waals surface area contributed by atoms with E-state index >= 15 is 0 Å². The van der Waals surface area contributed by atoms with Crippen molar-refractivity contribution in [2.45, 2.75) is 73.1 Å². The average molecular weight is 242 g/mol. The van der Waals surface area contributed by atoms with E-state index in [1.165, 1.54) is 0 Å². The second-order valence-electron chi connectivity index (χ2n) is 5.34. The van der Waals surface area contributed by atoms with Crippen LogP contribution in [0.5, 0.6) is 0 Å². The number of nitrogens with zero attached hydrogens (tertiary/aromatic N) is 1. The van der Waals surface area contributed by atoms with Crippen molar-refractivity contribution in [2.24, 2.45) is 21.7 Å². The number of oxime groups is 1.